The highest BCUT2D eigenvalue weighted by Gasteiger charge is 2.12. The van der Waals surface area contributed by atoms with Gasteiger partial charge >= 0.3 is 0 Å². The summed E-state index contributed by atoms with van der Waals surface area (Å²) in [6, 6.07) is 11.9. The molecule has 0 aliphatic heterocycles. The number of nitrogens with zero attached hydrogens (tertiary/aromatic N) is 1. The van der Waals surface area contributed by atoms with Crippen LogP contribution in [0.25, 0.3) is 0 Å². The van der Waals surface area contributed by atoms with E-state index in [0.717, 1.165) is 15.6 Å². The Bertz CT molecular complexity index is 513. The molecule has 0 bridgehead atoms. The van der Waals surface area contributed by atoms with E-state index in [1.165, 1.54) is 0 Å². The summed E-state index contributed by atoms with van der Waals surface area (Å²) in [5.74, 6) is 6.17. The lowest BCUT2D eigenvalue weighted by molar-refractivity contribution is 0.552. The number of pyridine rings is 1. The monoisotopic (exact) mass is 306 g/mol. The molecular weight excluding hydrogens is 292 g/mol. The van der Waals surface area contributed by atoms with Gasteiger partial charge < -0.3 is 5.73 Å². The van der Waals surface area contributed by atoms with Gasteiger partial charge in [0.15, 0.2) is 0 Å². The van der Waals surface area contributed by atoms with Crippen LogP contribution >= 0.6 is 15.9 Å². The van der Waals surface area contributed by atoms with Gasteiger partial charge in [0.25, 0.3) is 0 Å². The van der Waals surface area contributed by atoms with Crippen LogP contribution in [0.5, 0.6) is 0 Å². The summed E-state index contributed by atoms with van der Waals surface area (Å²) in [6.07, 6.45) is 2.39. The highest BCUT2D eigenvalue weighted by molar-refractivity contribution is 9.10. The molecule has 4 nitrogen and oxygen atoms in total. The molecular formula is C13H15BrN4. The fourth-order valence-electron chi connectivity index (χ4n) is 1.81. The minimum absolute atomic E-state index is 0.0181. The number of rotatable bonds is 4. The molecule has 5 heteroatoms. The number of nitrogen functional groups attached to an aromatic ring is 1. The molecule has 2 rings (SSSR count). The van der Waals surface area contributed by atoms with E-state index >= 15 is 0 Å². The minimum atomic E-state index is 0.0181. The standard InChI is InChI=1S/C13H15BrN4/c14-11-5-3-9(4-6-11)12(18-16)8-10-2-1-7-17-13(10)15/h1-7,12,18H,8,16H2,(H2,15,17). The lowest BCUT2D eigenvalue weighted by Gasteiger charge is -2.17. The van der Waals surface area contributed by atoms with Crippen molar-refractivity contribution in [2.75, 3.05) is 5.73 Å². The lowest BCUT2D eigenvalue weighted by Crippen LogP contribution is -2.29. The fraction of sp³-hybridized carbons (Fsp3) is 0.154. The second-order valence-electron chi connectivity index (χ2n) is 4.02. The third kappa shape index (κ3) is 3.07. The smallest absolute Gasteiger partial charge is 0.126 e. The Hall–Kier alpha value is -1.43. The summed E-state index contributed by atoms with van der Waals surface area (Å²) in [5, 5.41) is 0. The molecule has 1 atom stereocenters. The van der Waals surface area contributed by atoms with Gasteiger partial charge in [-0.1, -0.05) is 34.1 Å². The average Bonchev–Trinajstić information content (AvgIpc) is 2.39. The number of halogens is 1. The van der Waals surface area contributed by atoms with Crippen LogP contribution in [0, 0.1) is 0 Å². The van der Waals surface area contributed by atoms with Gasteiger partial charge in [0, 0.05) is 10.7 Å². The Kier molecular flexibility index (Phi) is 4.30. The zero-order chi connectivity index (χ0) is 13.0. The molecule has 0 aliphatic rings. The van der Waals surface area contributed by atoms with Gasteiger partial charge in [-0.15, -0.1) is 0 Å². The van der Waals surface area contributed by atoms with Crippen LogP contribution in [0.15, 0.2) is 47.1 Å². The number of hydrazine groups is 1. The molecule has 1 unspecified atom stereocenters. The number of hydrogen-bond donors (Lipinski definition) is 3. The summed E-state index contributed by atoms with van der Waals surface area (Å²) in [4.78, 5) is 4.08. The molecule has 1 aromatic heterocycles. The number of hydrogen-bond acceptors (Lipinski definition) is 4. The molecule has 0 aliphatic carbocycles. The van der Waals surface area contributed by atoms with Gasteiger partial charge in [0.1, 0.15) is 5.82 Å². The van der Waals surface area contributed by atoms with Gasteiger partial charge in [-0.25, -0.2) is 4.98 Å². The first-order valence-corrected chi connectivity index (χ1v) is 6.41. The second-order valence-corrected chi connectivity index (χ2v) is 4.94. The van der Waals surface area contributed by atoms with E-state index in [4.69, 9.17) is 11.6 Å². The third-order valence-electron chi connectivity index (χ3n) is 2.82. The Morgan fingerprint density at radius 1 is 1.22 bits per heavy atom. The van der Waals surface area contributed by atoms with Gasteiger partial charge in [0.05, 0.1) is 6.04 Å². The molecule has 1 aromatic carbocycles. The zero-order valence-corrected chi connectivity index (χ0v) is 11.4. The number of benzene rings is 1. The molecule has 0 radical (unpaired) electrons. The van der Waals surface area contributed by atoms with E-state index in [9.17, 15) is 0 Å². The summed E-state index contributed by atoms with van der Waals surface area (Å²) >= 11 is 3.41. The van der Waals surface area contributed by atoms with Gasteiger partial charge in [0.2, 0.25) is 0 Å². The molecule has 2 aromatic rings. The molecule has 0 saturated carbocycles. The van der Waals surface area contributed by atoms with Crippen molar-refractivity contribution in [1.82, 2.24) is 10.4 Å². The quantitative estimate of drug-likeness (QED) is 0.597. The summed E-state index contributed by atoms with van der Waals surface area (Å²) in [7, 11) is 0. The number of nitrogens with one attached hydrogen (secondary N) is 1. The molecule has 0 spiro atoms. The number of anilines is 1. The maximum atomic E-state index is 5.84. The topological polar surface area (TPSA) is 77.0 Å². The second kappa shape index (κ2) is 5.95. The van der Waals surface area contributed by atoms with E-state index in [1.807, 2.05) is 36.4 Å². The highest BCUT2D eigenvalue weighted by atomic mass is 79.9. The molecule has 0 saturated heterocycles. The molecule has 1 heterocycles. The summed E-state index contributed by atoms with van der Waals surface area (Å²) < 4.78 is 1.04. The van der Waals surface area contributed by atoms with Crippen LogP contribution in [0.2, 0.25) is 0 Å². The van der Waals surface area contributed by atoms with Crippen molar-refractivity contribution in [1.29, 1.82) is 0 Å². The molecule has 18 heavy (non-hydrogen) atoms. The molecule has 5 N–H and O–H groups in total. The Morgan fingerprint density at radius 3 is 2.56 bits per heavy atom. The number of aromatic nitrogens is 1. The predicted molar refractivity (Wildman–Crippen MR) is 76.6 cm³/mol. The normalized spacial score (nSPS) is 12.3. The van der Waals surface area contributed by atoms with E-state index in [0.29, 0.717) is 12.2 Å². The fourth-order valence-corrected chi connectivity index (χ4v) is 2.08. The van der Waals surface area contributed by atoms with Crippen LogP contribution < -0.4 is 17.0 Å². The zero-order valence-electron chi connectivity index (χ0n) is 9.81. The Morgan fingerprint density at radius 2 is 1.94 bits per heavy atom. The van der Waals surface area contributed by atoms with E-state index < -0.39 is 0 Å². The third-order valence-corrected chi connectivity index (χ3v) is 3.35. The SMILES string of the molecule is NNC(Cc1cccnc1N)c1ccc(Br)cc1. The number of nitrogens with two attached hydrogens (primary N) is 2. The molecule has 0 fully saturated rings. The average molecular weight is 307 g/mol. The predicted octanol–water partition coefficient (Wildman–Crippen LogP) is 2.17. The van der Waals surface area contributed by atoms with Crippen molar-refractivity contribution < 1.29 is 0 Å². The van der Waals surface area contributed by atoms with Crippen molar-refractivity contribution in [3.05, 3.63) is 58.2 Å². The lowest BCUT2D eigenvalue weighted by atomic mass is 10.00. The van der Waals surface area contributed by atoms with Gasteiger partial charge in [-0.05, 0) is 35.7 Å². The maximum Gasteiger partial charge on any atom is 0.126 e. The minimum Gasteiger partial charge on any atom is -0.383 e. The van der Waals surface area contributed by atoms with Gasteiger partial charge in [-0.2, -0.15) is 0 Å². The maximum absolute atomic E-state index is 5.84. The highest BCUT2D eigenvalue weighted by Crippen LogP contribution is 2.21. The van der Waals surface area contributed by atoms with Crippen LogP contribution in [0.1, 0.15) is 17.2 Å². The van der Waals surface area contributed by atoms with Gasteiger partial charge in [-0.3, -0.25) is 11.3 Å². The first-order chi connectivity index (χ1) is 8.70. The van der Waals surface area contributed by atoms with E-state index in [2.05, 4.69) is 26.3 Å². The van der Waals surface area contributed by atoms with E-state index in [1.54, 1.807) is 6.20 Å². The van der Waals surface area contributed by atoms with Crippen LogP contribution in [-0.2, 0) is 6.42 Å². The van der Waals surface area contributed by atoms with Crippen molar-refractivity contribution in [2.45, 2.75) is 12.5 Å². The summed E-state index contributed by atoms with van der Waals surface area (Å²) in [5.41, 5.74) is 10.8. The van der Waals surface area contributed by atoms with Crippen molar-refractivity contribution in [3.8, 4) is 0 Å². The molecule has 0 amide bonds. The molecule has 94 valence electrons. The first kappa shape index (κ1) is 13.0. The Balaban J connectivity index is 2.20. The van der Waals surface area contributed by atoms with Crippen molar-refractivity contribution >= 4 is 21.7 Å². The van der Waals surface area contributed by atoms with Crippen LogP contribution in [0.3, 0.4) is 0 Å². The largest absolute Gasteiger partial charge is 0.383 e. The Labute approximate surface area is 115 Å². The van der Waals surface area contributed by atoms with Crippen molar-refractivity contribution in [3.63, 3.8) is 0 Å². The van der Waals surface area contributed by atoms with Crippen LogP contribution in [0.4, 0.5) is 5.82 Å². The van der Waals surface area contributed by atoms with E-state index in [-0.39, 0.29) is 6.04 Å². The van der Waals surface area contributed by atoms with Crippen LogP contribution in [-0.4, -0.2) is 4.98 Å². The first-order valence-electron chi connectivity index (χ1n) is 5.61. The summed E-state index contributed by atoms with van der Waals surface area (Å²) in [6.45, 7) is 0. The van der Waals surface area contributed by atoms with Crippen molar-refractivity contribution in [2.24, 2.45) is 5.84 Å².